The molecule has 1 aromatic carbocycles. The van der Waals surface area contributed by atoms with Gasteiger partial charge in [-0.05, 0) is 45.0 Å². The van der Waals surface area contributed by atoms with E-state index in [1.807, 2.05) is 42.3 Å². The first-order chi connectivity index (χ1) is 8.68. The number of hydrogen-bond acceptors (Lipinski definition) is 3. The van der Waals surface area contributed by atoms with Gasteiger partial charge in [-0.1, -0.05) is 18.2 Å². The molecule has 1 aromatic rings. The van der Waals surface area contributed by atoms with E-state index in [2.05, 4.69) is 0 Å². The van der Waals surface area contributed by atoms with Crippen LogP contribution < -0.4 is 4.74 Å². The summed E-state index contributed by atoms with van der Waals surface area (Å²) in [7, 11) is 1.83. The van der Waals surface area contributed by atoms with Crippen LogP contribution in [0.3, 0.4) is 0 Å². The van der Waals surface area contributed by atoms with Gasteiger partial charge >= 0.3 is 5.97 Å². The van der Waals surface area contributed by atoms with E-state index in [1.54, 1.807) is 0 Å². The summed E-state index contributed by atoms with van der Waals surface area (Å²) in [5.41, 5.74) is 0. The van der Waals surface area contributed by atoms with Crippen LogP contribution in [0.25, 0.3) is 0 Å². The predicted octanol–water partition coefficient (Wildman–Crippen LogP) is 2.25. The lowest BCUT2D eigenvalue weighted by atomic mass is 10.2. The van der Waals surface area contributed by atoms with Gasteiger partial charge in [0.2, 0.25) is 0 Å². The summed E-state index contributed by atoms with van der Waals surface area (Å²) < 4.78 is 5.57. The number of ether oxygens (including phenoxy) is 1. The number of para-hydroxylation sites is 1. The summed E-state index contributed by atoms with van der Waals surface area (Å²) in [4.78, 5) is 12.3. The van der Waals surface area contributed by atoms with E-state index in [0.29, 0.717) is 6.61 Å². The SMILES string of the molecule is CN(CCCCCOc1ccccc1)CC(=O)O. The van der Waals surface area contributed by atoms with E-state index in [1.165, 1.54) is 0 Å². The minimum Gasteiger partial charge on any atom is -0.494 e. The maximum atomic E-state index is 10.4. The van der Waals surface area contributed by atoms with E-state index in [4.69, 9.17) is 9.84 Å². The highest BCUT2D eigenvalue weighted by molar-refractivity contribution is 5.68. The van der Waals surface area contributed by atoms with Crippen molar-refractivity contribution in [2.24, 2.45) is 0 Å². The number of benzene rings is 1. The Labute approximate surface area is 108 Å². The smallest absolute Gasteiger partial charge is 0.317 e. The van der Waals surface area contributed by atoms with Crippen molar-refractivity contribution in [3.63, 3.8) is 0 Å². The Kier molecular flexibility index (Phi) is 6.87. The molecule has 0 aliphatic carbocycles. The van der Waals surface area contributed by atoms with Crippen LogP contribution in [-0.4, -0.2) is 42.7 Å². The second-order valence-corrected chi connectivity index (χ2v) is 4.35. The third-order valence-electron chi connectivity index (χ3n) is 2.60. The monoisotopic (exact) mass is 251 g/mol. The van der Waals surface area contributed by atoms with Crippen molar-refractivity contribution in [2.75, 3.05) is 26.7 Å². The molecule has 0 atom stereocenters. The fraction of sp³-hybridized carbons (Fsp3) is 0.500. The van der Waals surface area contributed by atoms with Gasteiger partial charge < -0.3 is 9.84 Å². The molecule has 0 amide bonds. The zero-order chi connectivity index (χ0) is 13.2. The molecule has 0 aliphatic heterocycles. The molecule has 1 N–H and O–H groups in total. The van der Waals surface area contributed by atoms with Crippen LogP contribution in [0.2, 0.25) is 0 Å². The molecule has 1 rings (SSSR count). The minimum atomic E-state index is -0.773. The second-order valence-electron chi connectivity index (χ2n) is 4.35. The van der Waals surface area contributed by atoms with Crippen LogP contribution in [0.15, 0.2) is 30.3 Å². The molecular weight excluding hydrogens is 230 g/mol. The van der Waals surface area contributed by atoms with Gasteiger partial charge in [0, 0.05) is 0 Å². The van der Waals surface area contributed by atoms with Gasteiger partial charge in [-0.15, -0.1) is 0 Å². The Morgan fingerprint density at radius 3 is 2.61 bits per heavy atom. The van der Waals surface area contributed by atoms with Gasteiger partial charge in [0.15, 0.2) is 0 Å². The number of likely N-dealkylation sites (N-methyl/N-ethyl adjacent to an activating group) is 1. The predicted molar refractivity (Wildman–Crippen MR) is 70.9 cm³/mol. The van der Waals surface area contributed by atoms with E-state index in [9.17, 15) is 4.79 Å². The zero-order valence-corrected chi connectivity index (χ0v) is 10.8. The molecule has 0 radical (unpaired) electrons. The molecule has 0 unspecified atom stereocenters. The first-order valence-electron chi connectivity index (χ1n) is 6.26. The highest BCUT2D eigenvalue weighted by atomic mass is 16.5. The summed E-state index contributed by atoms with van der Waals surface area (Å²) >= 11 is 0. The normalized spacial score (nSPS) is 10.6. The van der Waals surface area contributed by atoms with Crippen molar-refractivity contribution >= 4 is 5.97 Å². The Hall–Kier alpha value is -1.55. The van der Waals surface area contributed by atoms with Crippen LogP contribution in [-0.2, 0) is 4.79 Å². The average molecular weight is 251 g/mol. The van der Waals surface area contributed by atoms with Gasteiger partial charge in [-0.3, -0.25) is 9.69 Å². The van der Waals surface area contributed by atoms with Gasteiger partial charge in [-0.2, -0.15) is 0 Å². The molecule has 4 heteroatoms. The number of carboxylic acids is 1. The Bertz CT molecular complexity index is 340. The highest BCUT2D eigenvalue weighted by Gasteiger charge is 2.03. The van der Waals surface area contributed by atoms with Crippen molar-refractivity contribution in [1.29, 1.82) is 0 Å². The van der Waals surface area contributed by atoms with E-state index in [-0.39, 0.29) is 6.54 Å². The first kappa shape index (κ1) is 14.5. The highest BCUT2D eigenvalue weighted by Crippen LogP contribution is 2.09. The summed E-state index contributed by atoms with van der Waals surface area (Å²) in [5.74, 6) is 0.130. The van der Waals surface area contributed by atoms with Crippen LogP contribution in [0.4, 0.5) is 0 Å². The quantitative estimate of drug-likeness (QED) is 0.684. The lowest BCUT2D eigenvalue weighted by molar-refractivity contribution is -0.137. The molecule has 0 saturated carbocycles. The summed E-state index contributed by atoms with van der Waals surface area (Å²) in [5, 5.41) is 8.59. The Morgan fingerprint density at radius 1 is 1.22 bits per heavy atom. The van der Waals surface area contributed by atoms with Crippen LogP contribution in [0, 0.1) is 0 Å². The van der Waals surface area contributed by atoms with Crippen molar-refractivity contribution in [3.8, 4) is 5.75 Å². The molecule has 0 spiro atoms. The average Bonchev–Trinajstić information content (AvgIpc) is 2.34. The molecule has 0 fully saturated rings. The molecular formula is C14H21NO3. The maximum Gasteiger partial charge on any atom is 0.317 e. The summed E-state index contributed by atoms with van der Waals surface area (Å²) in [6.07, 6.45) is 3.05. The number of aliphatic carboxylic acids is 1. The maximum absolute atomic E-state index is 10.4. The van der Waals surface area contributed by atoms with Gasteiger partial charge in [0.25, 0.3) is 0 Å². The lowest BCUT2D eigenvalue weighted by Crippen LogP contribution is -2.26. The number of rotatable bonds is 9. The molecule has 4 nitrogen and oxygen atoms in total. The zero-order valence-electron chi connectivity index (χ0n) is 10.8. The van der Waals surface area contributed by atoms with Gasteiger partial charge in [0.05, 0.1) is 13.2 Å². The lowest BCUT2D eigenvalue weighted by Gasteiger charge is -2.13. The van der Waals surface area contributed by atoms with Gasteiger partial charge in [-0.25, -0.2) is 0 Å². The van der Waals surface area contributed by atoms with Crippen LogP contribution in [0.5, 0.6) is 5.75 Å². The Balaban J connectivity index is 1.97. The third kappa shape index (κ3) is 6.91. The largest absolute Gasteiger partial charge is 0.494 e. The molecule has 0 bridgehead atoms. The van der Waals surface area contributed by atoms with E-state index >= 15 is 0 Å². The topological polar surface area (TPSA) is 49.8 Å². The second kappa shape index (κ2) is 8.53. The van der Waals surface area contributed by atoms with Crippen LogP contribution in [0.1, 0.15) is 19.3 Å². The fourth-order valence-corrected chi connectivity index (χ4v) is 1.68. The van der Waals surface area contributed by atoms with Crippen LogP contribution >= 0.6 is 0 Å². The molecule has 100 valence electrons. The fourth-order valence-electron chi connectivity index (χ4n) is 1.68. The molecule has 0 saturated heterocycles. The molecule has 18 heavy (non-hydrogen) atoms. The van der Waals surface area contributed by atoms with E-state index < -0.39 is 5.97 Å². The number of hydrogen-bond donors (Lipinski definition) is 1. The van der Waals surface area contributed by atoms with E-state index in [0.717, 1.165) is 31.6 Å². The number of carboxylic acid groups (broad SMARTS) is 1. The number of nitrogens with zero attached hydrogens (tertiary/aromatic N) is 1. The molecule has 0 heterocycles. The van der Waals surface area contributed by atoms with Crippen molar-refractivity contribution in [2.45, 2.75) is 19.3 Å². The number of carbonyl (C=O) groups is 1. The van der Waals surface area contributed by atoms with Gasteiger partial charge in [0.1, 0.15) is 5.75 Å². The molecule has 0 aromatic heterocycles. The van der Waals surface area contributed by atoms with Crippen molar-refractivity contribution < 1.29 is 14.6 Å². The third-order valence-corrected chi connectivity index (χ3v) is 2.60. The Morgan fingerprint density at radius 2 is 1.94 bits per heavy atom. The first-order valence-corrected chi connectivity index (χ1v) is 6.26. The van der Waals surface area contributed by atoms with Crippen molar-refractivity contribution in [1.82, 2.24) is 4.90 Å². The molecule has 0 aliphatic rings. The number of unbranched alkanes of at least 4 members (excludes halogenated alkanes) is 2. The summed E-state index contributed by atoms with van der Waals surface area (Å²) in [6.45, 7) is 1.64. The summed E-state index contributed by atoms with van der Waals surface area (Å²) in [6, 6.07) is 9.76. The standard InChI is InChI=1S/C14H21NO3/c1-15(12-14(16)17)10-6-3-7-11-18-13-8-4-2-5-9-13/h2,4-5,8-9H,3,6-7,10-12H2,1H3,(H,16,17). The van der Waals surface area contributed by atoms with Crippen molar-refractivity contribution in [3.05, 3.63) is 30.3 Å². The minimum absolute atomic E-state index is 0.112.